The molecule has 18 heavy (non-hydrogen) atoms. The molecule has 1 aromatic carbocycles. The molecule has 98 valence electrons. The number of carbonyl (C=O) groups is 1. The maximum Gasteiger partial charge on any atom is 0.224 e. The maximum atomic E-state index is 11.7. The highest BCUT2D eigenvalue weighted by molar-refractivity contribution is 6.30. The Morgan fingerprint density at radius 1 is 1.50 bits per heavy atom. The summed E-state index contributed by atoms with van der Waals surface area (Å²) in [5.74, 6) is 0.656. The Morgan fingerprint density at radius 3 is 2.94 bits per heavy atom. The Hall–Kier alpha value is -1.48. The summed E-state index contributed by atoms with van der Waals surface area (Å²) in [6.45, 7) is 2.60. The van der Waals surface area contributed by atoms with Crippen LogP contribution >= 0.6 is 11.6 Å². The lowest BCUT2D eigenvalue weighted by Gasteiger charge is -2.09. The SMILES string of the molecule is C/C=C/CCNC(=O)Cc1cc(Cl)ccc1OC. The molecule has 1 aromatic rings. The van der Waals surface area contributed by atoms with Gasteiger partial charge in [0.2, 0.25) is 5.91 Å². The van der Waals surface area contributed by atoms with Crippen LogP contribution in [0.5, 0.6) is 5.75 Å². The number of carbonyl (C=O) groups excluding carboxylic acids is 1. The minimum Gasteiger partial charge on any atom is -0.496 e. The van der Waals surface area contributed by atoms with Gasteiger partial charge in [-0.3, -0.25) is 4.79 Å². The number of hydrogen-bond donors (Lipinski definition) is 1. The second kappa shape index (κ2) is 7.77. The lowest BCUT2D eigenvalue weighted by atomic mass is 10.1. The molecule has 4 heteroatoms. The molecule has 0 radical (unpaired) electrons. The van der Waals surface area contributed by atoms with Crippen molar-refractivity contribution in [2.45, 2.75) is 19.8 Å². The normalized spacial score (nSPS) is 10.6. The predicted octanol–water partition coefficient (Wildman–Crippen LogP) is 2.97. The number of allylic oxidation sites excluding steroid dienone is 1. The van der Waals surface area contributed by atoms with Crippen molar-refractivity contribution < 1.29 is 9.53 Å². The summed E-state index contributed by atoms with van der Waals surface area (Å²) < 4.78 is 5.19. The van der Waals surface area contributed by atoms with Crippen molar-refractivity contribution in [1.82, 2.24) is 5.32 Å². The van der Waals surface area contributed by atoms with Crippen LogP contribution in [0, 0.1) is 0 Å². The van der Waals surface area contributed by atoms with Crippen LogP contribution in [0.25, 0.3) is 0 Å². The fraction of sp³-hybridized carbons (Fsp3) is 0.357. The minimum absolute atomic E-state index is 0.0277. The molecule has 0 bridgehead atoms. The summed E-state index contributed by atoms with van der Waals surface area (Å²) in [7, 11) is 1.58. The van der Waals surface area contributed by atoms with Crippen molar-refractivity contribution in [2.24, 2.45) is 0 Å². The molecule has 1 N–H and O–H groups in total. The molecule has 0 unspecified atom stereocenters. The molecule has 0 aliphatic heterocycles. The molecule has 0 heterocycles. The Labute approximate surface area is 113 Å². The summed E-state index contributed by atoms with van der Waals surface area (Å²) >= 11 is 5.91. The van der Waals surface area contributed by atoms with Gasteiger partial charge in [0, 0.05) is 17.1 Å². The highest BCUT2D eigenvalue weighted by Gasteiger charge is 2.08. The Balaban J connectivity index is 2.55. The van der Waals surface area contributed by atoms with Crippen molar-refractivity contribution in [3.63, 3.8) is 0 Å². The van der Waals surface area contributed by atoms with E-state index < -0.39 is 0 Å². The van der Waals surface area contributed by atoms with Crippen LogP contribution in [-0.2, 0) is 11.2 Å². The highest BCUT2D eigenvalue weighted by atomic mass is 35.5. The second-order valence-electron chi connectivity index (χ2n) is 3.84. The van der Waals surface area contributed by atoms with Crippen LogP contribution in [0.4, 0.5) is 0 Å². The fourth-order valence-electron chi connectivity index (χ4n) is 1.58. The standard InChI is InChI=1S/C14H18ClNO2/c1-3-4-5-8-16-14(17)10-11-9-12(15)6-7-13(11)18-2/h3-4,6-7,9H,5,8,10H2,1-2H3,(H,16,17)/b4-3+. The molecule has 0 aliphatic rings. The maximum absolute atomic E-state index is 11.7. The number of hydrogen-bond acceptors (Lipinski definition) is 2. The first-order valence-corrected chi connectivity index (χ1v) is 6.25. The zero-order valence-corrected chi connectivity index (χ0v) is 11.5. The van der Waals surface area contributed by atoms with Crippen LogP contribution in [0.3, 0.4) is 0 Å². The first kappa shape index (κ1) is 14.6. The van der Waals surface area contributed by atoms with Crippen molar-refractivity contribution >= 4 is 17.5 Å². The third kappa shape index (κ3) is 4.80. The molecule has 0 saturated heterocycles. The number of benzene rings is 1. The van der Waals surface area contributed by atoms with Gasteiger partial charge in [0.1, 0.15) is 5.75 Å². The number of nitrogens with one attached hydrogen (secondary N) is 1. The van der Waals surface area contributed by atoms with Crippen LogP contribution in [0.15, 0.2) is 30.4 Å². The zero-order valence-electron chi connectivity index (χ0n) is 10.7. The van der Waals surface area contributed by atoms with Gasteiger partial charge in [0.05, 0.1) is 13.5 Å². The molecular weight excluding hydrogens is 250 g/mol. The summed E-state index contributed by atoms with van der Waals surface area (Å²) in [6, 6.07) is 5.27. The average molecular weight is 268 g/mol. The highest BCUT2D eigenvalue weighted by Crippen LogP contribution is 2.22. The molecule has 0 aliphatic carbocycles. The van der Waals surface area contributed by atoms with E-state index in [1.807, 2.05) is 19.1 Å². The van der Waals surface area contributed by atoms with E-state index in [4.69, 9.17) is 16.3 Å². The first-order valence-electron chi connectivity index (χ1n) is 5.87. The van der Waals surface area contributed by atoms with Crippen molar-refractivity contribution in [1.29, 1.82) is 0 Å². The third-order valence-corrected chi connectivity index (χ3v) is 2.70. The van der Waals surface area contributed by atoms with E-state index >= 15 is 0 Å². The van der Waals surface area contributed by atoms with Crippen LogP contribution < -0.4 is 10.1 Å². The Bertz CT molecular complexity index is 430. The van der Waals surface area contributed by atoms with Crippen molar-refractivity contribution in [3.8, 4) is 5.75 Å². The van der Waals surface area contributed by atoms with E-state index in [9.17, 15) is 4.79 Å². The molecule has 0 aromatic heterocycles. The van der Waals surface area contributed by atoms with E-state index in [0.29, 0.717) is 17.3 Å². The second-order valence-corrected chi connectivity index (χ2v) is 4.28. The summed E-state index contributed by atoms with van der Waals surface area (Å²) in [6.07, 6.45) is 5.10. The molecule has 0 atom stereocenters. The minimum atomic E-state index is -0.0277. The fourth-order valence-corrected chi connectivity index (χ4v) is 1.78. The number of rotatable bonds is 6. The summed E-state index contributed by atoms with van der Waals surface area (Å²) in [4.78, 5) is 11.7. The molecule has 0 saturated carbocycles. The average Bonchev–Trinajstić information content (AvgIpc) is 2.35. The van der Waals surface area contributed by atoms with Gasteiger partial charge in [-0.05, 0) is 31.5 Å². The molecule has 0 spiro atoms. The van der Waals surface area contributed by atoms with E-state index in [1.54, 1.807) is 25.3 Å². The van der Waals surface area contributed by atoms with Crippen LogP contribution in [0.2, 0.25) is 5.02 Å². The number of ether oxygens (including phenoxy) is 1. The zero-order chi connectivity index (χ0) is 13.4. The molecule has 1 rings (SSSR count). The van der Waals surface area contributed by atoms with Crippen molar-refractivity contribution in [2.75, 3.05) is 13.7 Å². The van der Waals surface area contributed by atoms with Gasteiger partial charge >= 0.3 is 0 Å². The van der Waals surface area contributed by atoms with Crippen LogP contribution in [-0.4, -0.2) is 19.6 Å². The smallest absolute Gasteiger partial charge is 0.224 e. The Kier molecular flexibility index (Phi) is 6.29. The van der Waals surface area contributed by atoms with Gasteiger partial charge in [0.15, 0.2) is 0 Å². The lowest BCUT2D eigenvalue weighted by molar-refractivity contribution is -0.120. The van der Waals surface area contributed by atoms with Gasteiger partial charge in [0.25, 0.3) is 0 Å². The summed E-state index contributed by atoms with van der Waals surface area (Å²) in [5.41, 5.74) is 0.800. The van der Waals surface area contributed by atoms with Gasteiger partial charge < -0.3 is 10.1 Å². The molecule has 3 nitrogen and oxygen atoms in total. The van der Waals surface area contributed by atoms with E-state index in [2.05, 4.69) is 5.32 Å². The van der Waals surface area contributed by atoms with E-state index in [0.717, 1.165) is 12.0 Å². The summed E-state index contributed by atoms with van der Waals surface area (Å²) in [5, 5.41) is 3.45. The topological polar surface area (TPSA) is 38.3 Å². The number of halogens is 1. The van der Waals surface area contributed by atoms with Gasteiger partial charge in [-0.25, -0.2) is 0 Å². The molecular formula is C14H18ClNO2. The van der Waals surface area contributed by atoms with Gasteiger partial charge in [-0.2, -0.15) is 0 Å². The first-order chi connectivity index (χ1) is 8.67. The van der Waals surface area contributed by atoms with E-state index in [-0.39, 0.29) is 12.3 Å². The lowest BCUT2D eigenvalue weighted by Crippen LogP contribution is -2.25. The molecule has 0 fully saturated rings. The predicted molar refractivity (Wildman–Crippen MR) is 74.1 cm³/mol. The van der Waals surface area contributed by atoms with Crippen LogP contribution in [0.1, 0.15) is 18.9 Å². The largest absolute Gasteiger partial charge is 0.496 e. The van der Waals surface area contributed by atoms with Gasteiger partial charge in [-0.1, -0.05) is 23.8 Å². The van der Waals surface area contributed by atoms with E-state index in [1.165, 1.54) is 0 Å². The third-order valence-electron chi connectivity index (χ3n) is 2.46. The molecule has 1 amide bonds. The monoisotopic (exact) mass is 267 g/mol. The quantitative estimate of drug-likeness (QED) is 0.636. The van der Waals surface area contributed by atoms with Crippen molar-refractivity contribution in [3.05, 3.63) is 40.9 Å². The Morgan fingerprint density at radius 2 is 2.28 bits per heavy atom. The van der Waals surface area contributed by atoms with Gasteiger partial charge in [-0.15, -0.1) is 0 Å². The number of amides is 1. The number of methoxy groups -OCH3 is 1.